The molecule has 0 unspecified atom stereocenters. The molecule has 28 heavy (non-hydrogen) atoms. The Hall–Kier alpha value is -2.33. The molecule has 4 nitrogen and oxygen atoms in total. The van der Waals surface area contributed by atoms with Gasteiger partial charge in [0, 0.05) is 13.1 Å². The average Bonchev–Trinajstić information content (AvgIpc) is 2.70. The van der Waals surface area contributed by atoms with Crippen molar-refractivity contribution in [3.8, 4) is 5.75 Å². The van der Waals surface area contributed by atoms with Gasteiger partial charge in [-0.25, -0.2) is 0 Å². The van der Waals surface area contributed by atoms with Gasteiger partial charge in [-0.05, 0) is 81.1 Å². The number of carbonyl (C=O) groups is 1. The molecule has 1 saturated heterocycles. The first-order valence-electron chi connectivity index (χ1n) is 10.3. The van der Waals surface area contributed by atoms with Crippen LogP contribution in [0.5, 0.6) is 5.75 Å². The maximum atomic E-state index is 12.5. The van der Waals surface area contributed by atoms with E-state index < -0.39 is 6.10 Å². The van der Waals surface area contributed by atoms with Crippen molar-refractivity contribution in [2.45, 2.75) is 59.2 Å². The predicted molar refractivity (Wildman–Crippen MR) is 113 cm³/mol. The molecule has 0 aliphatic carbocycles. The Morgan fingerprint density at radius 2 is 1.75 bits per heavy atom. The van der Waals surface area contributed by atoms with E-state index in [-0.39, 0.29) is 5.91 Å². The first kappa shape index (κ1) is 20.4. The molecule has 0 saturated carbocycles. The van der Waals surface area contributed by atoms with Crippen molar-refractivity contribution in [2.75, 3.05) is 13.1 Å². The highest BCUT2D eigenvalue weighted by Crippen LogP contribution is 2.18. The zero-order valence-electron chi connectivity index (χ0n) is 17.3. The standard InChI is InChI=1S/C24H32N2O2/c1-18-11-12-23(15-19(18)2)28-20(3)24(27)25-16-21-9-5-6-10-22(21)17-26-13-7-4-8-14-26/h5-6,9-12,15,20H,4,7-8,13-14,16-17H2,1-3H3,(H,25,27)/t20-/m0/s1. The van der Waals surface area contributed by atoms with Gasteiger partial charge < -0.3 is 10.1 Å². The fourth-order valence-electron chi connectivity index (χ4n) is 3.61. The lowest BCUT2D eigenvalue weighted by Gasteiger charge is -2.27. The maximum Gasteiger partial charge on any atom is 0.261 e. The summed E-state index contributed by atoms with van der Waals surface area (Å²) in [5.41, 5.74) is 4.86. The summed E-state index contributed by atoms with van der Waals surface area (Å²) < 4.78 is 5.83. The summed E-state index contributed by atoms with van der Waals surface area (Å²) >= 11 is 0. The van der Waals surface area contributed by atoms with E-state index in [1.165, 1.54) is 49.0 Å². The van der Waals surface area contributed by atoms with Gasteiger partial charge in [-0.15, -0.1) is 0 Å². The summed E-state index contributed by atoms with van der Waals surface area (Å²) in [4.78, 5) is 15.0. The molecule has 1 amide bonds. The third-order valence-electron chi connectivity index (χ3n) is 5.57. The van der Waals surface area contributed by atoms with E-state index in [2.05, 4.69) is 35.3 Å². The Morgan fingerprint density at radius 3 is 2.46 bits per heavy atom. The molecule has 1 aliphatic heterocycles. The summed E-state index contributed by atoms with van der Waals surface area (Å²) in [5.74, 6) is 0.641. The van der Waals surface area contributed by atoms with E-state index in [1.54, 1.807) is 6.92 Å². The van der Waals surface area contributed by atoms with Gasteiger partial charge in [-0.2, -0.15) is 0 Å². The highest BCUT2D eigenvalue weighted by Gasteiger charge is 2.16. The van der Waals surface area contributed by atoms with Crippen molar-refractivity contribution in [1.82, 2.24) is 10.2 Å². The number of hydrogen-bond acceptors (Lipinski definition) is 3. The molecule has 4 heteroatoms. The van der Waals surface area contributed by atoms with Gasteiger partial charge in [0.2, 0.25) is 0 Å². The largest absolute Gasteiger partial charge is 0.481 e. The van der Waals surface area contributed by atoms with Crippen LogP contribution in [-0.2, 0) is 17.9 Å². The first-order chi connectivity index (χ1) is 13.5. The third-order valence-corrected chi connectivity index (χ3v) is 5.57. The van der Waals surface area contributed by atoms with Crippen molar-refractivity contribution in [1.29, 1.82) is 0 Å². The minimum atomic E-state index is -0.531. The molecule has 2 aromatic carbocycles. The van der Waals surface area contributed by atoms with Crippen LogP contribution in [0.1, 0.15) is 48.4 Å². The molecule has 3 rings (SSSR count). The smallest absolute Gasteiger partial charge is 0.261 e. The second-order valence-electron chi connectivity index (χ2n) is 7.83. The lowest BCUT2D eigenvalue weighted by Crippen LogP contribution is -2.36. The summed E-state index contributed by atoms with van der Waals surface area (Å²) in [6.07, 6.45) is 3.38. The number of benzene rings is 2. The van der Waals surface area contributed by atoms with E-state index in [4.69, 9.17) is 4.74 Å². The number of ether oxygens (including phenoxy) is 1. The Morgan fingerprint density at radius 1 is 1.04 bits per heavy atom. The second-order valence-corrected chi connectivity index (χ2v) is 7.83. The van der Waals surface area contributed by atoms with Crippen LogP contribution in [0.3, 0.4) is 0 Å². The Labute approximate surface area is 168 Å². The highest BCUT2D eigenvalue weighted by molar-refractivity contribution is 5.80. The fraction of sp³-hybridized carbons (Fsp3) is 0.458. The van der Waals surface area contributed by atoms with E-state index in [0.717, 1.165) is 17.9 Å². The van der Waals surface area contributed by atoms with Crippen LogP contribution >= 0.6 is 0 Å². The van der Waals surface area contributed by atoms with Crippen LogP contribution in [0, 0.1) is 13.8 Å². The number of nitrogens with zero attached hydrogens (tertiary/aromatic N) is 1. The van der Waals surface area contributed by atoms with E-state index in [9.17, 15) is 4.79 Å². The normalized spacial score (nSPS) is 15.8. The summed E-state index contributed by atoms with van der Waals surface area (Å²) in [6, 6.07) is 14.3. The van der Waals surface area contributed by atoms with Gasteiger partial charge in [-0.3, -0.25) is 9.69 Å². The second kappa shape index (κ2) is 9.74. The van der Waals surface area contributed by atoms with Crippen LogP contribution in [0.25, 0.3) is 0 Å². The quantitative estimate of drug-likeness (QED) is 0.775. The lowest BCUT2D eigenvalue weighted by molar-refractivity contribution is -0.127. The predicted octanol–water partition coefficient (Wildman–Crippen LogP) is 4.37. The summed E-state index contributed by atoms with van der Waals surface area (Å²) in [5, 5.41) is 3.04. The molecule has 0 aromatic heterocycles. The topological polar surface area (TPSA) is 41.6 Å². The van der Waals surface area contributed by atoms with Crippen LogP contribution in [-0.4, -0.2) is 30.0 Å². The number of hydrogen-bond donors (Lipinski definition) is 1. The number of carbonyl (C=O) groups excluding carboxylic acids is 1. The van der Waals surface area contributed by atoms with Crippen molar-refractivity contribution in [3.63, 3.8) is 0 Å². The van der Waals surface area contributed by atoms with Gasteiger partial charge >= 0.3 is 0 Å². The lowest BCUT2D eigenvalue weighted by atomic mass is 10.0. The van der Waals surface area contributed by atoms with Crippen LogP contribution in [0.15, 0.2) is 42.5 Å². The van der Waals surface area contributed by atoms with Crippen molar-refractivity contribution in [2.24, 2.45) is 0 Å². The molecule has 1 atom stereocenters. The van der Waals surface area contributed by atoms with Gasteiger partial charge in [-0.1, -0.05) is 36.8 Å². The molecule has 2 aromatic rings. The van der Waals surface area contributed by atoms with Crippen molar-refractivity contribution in [3.05, 3.63) is 64.7 Å². The Bertz CT molecular complexity index is 797. The third kappa shape index (κ3) is 5.59. The molecule has 1 aliphatic rings. The molecule has 1 fully saturated rings. The minimum Gasteiger partial charge on any atom is -0.481 e. The molecule has 0 spiro atoms. The van der Waals surface area contributed by atoms with Gasteiger partial charge in [0.15, 0.2) is 6.10 Å². The molecule has 150 valence electrons. The Balaban J connectivity index is 1.55. The number of amides is 1. The zero-order chi connectivity index (χ0) is 19.9. The maximum absolute atomic E-state index is 12.5. The molecule has 0 bridgehead atoms. The van der Waals surface area contributed by atoms with E-state index in [0.29, 0.717) is 6.54 Å². The van der Waals surface area contributed by atoms with Crippen LogP contribution < -0.4 is 10.1 Å². The molecule has 0 radical (unpaired) electrons. The van der Waals surface area contributed by atoms with Gasteiger partial charge in [0.1, 0.15) is 5.75 Å². The summed E-state index contributed by atoms with van der Waals surface area (Å²) in [7, 11) is 0. The van der Waals surface area contributed by atoms with Gasteiger partial charge in [0.05, 0.1) is 0 Å². The molecule has 1 N–H and O–H groups in total. The molecule has 1 heterocycles. The van der Waals surface area contributed by atoms with Crippen molar-refractivity contribution < 1.29 is 9.53 Å². The monoisotopic (exact) mass is 380 g/mol. The van der Waals surface area contributed by atoms with Crippen LogP contribution in [0.2, 0.25) is 0 Å². The zero-order valence-corrected chi connectivity index (χ0v) is 17.3. The fourth-order valence-corrected chi connectivity index (χ4v) is 3.61. The molecular formula is C24H32N2O2. The summed E-state index contributed by atoms with van der Waals surface area (Å²) in [6.45, 7) is 9.74. The number of rotatable bonds is 7. The minimum absolute atomic E-state index is 0.0917. The number of piperidine rings is 1. The number of likely N-dealkylation sites (tertiary alicyclic amines) is 1. The highest BCUT2D eigenvalue weighted by atomic mass is 16.5. The van der Waals surface area contributed by atoms with E-state index in [1.807, 2.05) is 31.2 Å². The van der Waals surface area contributed by atoms with Crippen molar-refractivity contribution >= 4 is 5.91 Å². The van der Waals surface area contributed by atoms with Crippen LogP contribution in [0.4, 0.5) is 0 Å². The van der Waals surface area contributed by atoms with E-state index >= 15 is 0 Å². The van der Waals surface area contributed by atoms with Gasteiger partial charge in [0.25, 0.3) is 5.91 Å². The average molecular weight is 381 g/mol. The SMILES string of the molecule is Cc1ccc(O[C@@H](C)C(=O)NCc2ccccc2CN2CCCCC2)cc1C. The number of nitrogens with one attached hydrogen (secondary N) is 1. The number of aryl methyl sites for hydroxylation is 2. The molecular weight excluding hydrogens is 348 g/mol. The first-order valence-corrected chi connectivity index (χ1v) is 10.3. The Kier molecular flexibility index (Phi) is 7.10.